The molecule has 1 saturated heterocycles. The van der Waals surface area contributed by atoms with E-state index in [1.807, 2.05) is 0 Å². The third-order valence-electron chi connectivity index (χ3n) is 6.77. The van der Waals surface area contributed by atoms with Gasteiger partial charge in [0, 0.05) is 17.3 Å². The lowest BCUT2D eigenvalue weighted by Gasteiger charge is -2.33. The maximum Gasteiger partial charge on any atom is 0.339 e. The lowest BCUT2D eigenvalue weighted by molar-refractivity contribution is -0.0784. The topological polar surface area (TPSA) is 143 Å². The van der Waals surface area contributed by atoms with E-state index in [0.717, 1.165) is 16.8 Å². The normalized spacial score (nSPS) is 20.7. The molecule has 0 radical (unpaired) electrons. The molecular weight excluding hydrogens is 592 g/mol. The van der Waals surface area contributed by atoms with Gasteiger partial charge in [0.05, 0.1) is 16.7 Å². The Kier molecular flexibility index (Phi) is 8.76. The maximum absolute atomic E-state index is 13.4. The number of nitrogens with one attached hydrogen (secondary N) is 1. The Labute approximate surface area is 254 Å². The molecule has 4 aromatic rings. The van der Waals surface area contributed by atoms with E-state index >= 15 is 0 Å². The van der Waals surface area contributed by atoms with E-state index in [4.69, 9.17) is 37.0 Å². The molecule has 1 fully saturated rings. The van der Waals surface area contributed by atoms with Crippen molar-refractivity contribution in [2.24, 2.45) is 0 Å². The highest BCUT2D eigenvalue weighted by Gasteiger charge is 2.63. The fraction of sp³-hybridized carbons (Fsp3) is 0.156. The summed E-state index contributed by atoms with van der Waals surface area (Å²) in [5.41, 5.74) is -3.48. The van der Waals surface area contributed by atoms with Crippen LogP contribution in [0.15, 0.2) is 107 Å². The van der Waals surface area contributed by atoms with Gasteiger partial charge in [0.15, 0.2) is 6.23 Å². The number of ether oxygens (including phenoxy) is 4. The molecule has 1 aliphatic rings. The van der Waals surface area contributed by atoms with Crippen LogP contribution in [0.4, 0.5) is 0 Å². The number of benzene rings is 3. The van der Waals surface area contributed by atoms with Crippen molar-refractivity contribution in [3.8, 4) is 12.3 Å². The van der Waals surface area contributed by atoms with Crippen molar-refractivity contribution in [2.45, 2.75) is 24.0 Å². The third kappa shape index (κ3) is 6.17. The molecular formula is C32H23ClN2O9. The van der Waals surface area contributed by atoms with Crippen molar-refractivity contribution in [3.63, 3.8) is 0 Å². The summed E-state index contributed by atoms with van der Waals surface area (Å²) in [5.74, 6) is -0.174. The molecule has 44 heavy (non-hydrogen) atoms. The van der Waals surface area contributed by atoms with Crippen molar-refractivity contribution < 1.29 is 33.3 Å². The summed E-state index contributed by atoms with van der Waals surface area (Å²) in [7, 11) is 0. The van der Waals surface area contributed by atoms with Gasteiger partial charge in [-0.05, 0) is 48.5 Å². The standard InChI is InChI=1S/C32H23ClN2O9/c1-2-32(44-30(39)21-11-7-4-8-12-21)24(19-41-28(37)22-13-15-23(33)16-14-22)42-27(35-18-17-25(36)34-31(35)40)26(32)43-29(38)20-9-5-3-6-10-20/h1,3-18,24,26-27H,19H2,(H,34,36,40)/t24-,26+,27-,32-/m1/s1. The molecule has 4 atom stereocenters. The Morgan fingerprint density at radius 1 is 0.864 bits per heavy atom. The van der Waals surface area contributed by atoms with E-state index in [2.05, 4.69) is 10.9 Å². The lowest BCUT2D eigenvalue weighted by atomic mass is 9.92. The molecule has 5 rings (SSSR count). The average Bonchev–Trinajstić information content (AvgIpc) is 3.33. The monoisotopic (exact) mass is 614 g/mol. The number of terminal acetylenes is 1. The fourth-order valence-electron chi connectivity index (χ4n) is 4.58. The maximum atomic E-state index is 13.4. The van der Waals surface area contributed by atoms with Crippen LogP contribution in [-0.4, -0.2) is 51.9 Å². The van der Waals surface area contributed by atoms with E-state index < -0.39 is 59.8 Å². The molecule has 0 spiro atoms. The van der Waals surface area contributed by atoms with Crippen LogP contribution < -0.4 is 11.2 Å². The van der Waals surface area contributed by atoms with Crippen LogP contribution in [0.3, 0.4) is 0 Å². The Morgan fingerprint density at radius 2 is 1.45 bits per heavy atom. The molecule has 222 valence electrons. The van der Waals surface area contributed by atoms with E-state index in [-0.39, 0.29) is 16.7 Å². The number of H-pyrrole nitrogens is 1. The summed E-state index contributed by atoms with van der Waals surface area (Å²) in [5, 5.41) is 0.400. The smallest absolute Gasteiger partial charge is 0.339 e. The van der Waals surface area contributed by atoms with Gasteiger partial charge in [-0.15, -0.1) is 6.42 Å². The number of nitrogens with zero attached hydrogens (tertiary/aromatic N) is 1. The third-order valence-corrected chi connectivity index (χ3v) is 7.03. The number of hydrogen-bond acceptors (Lipinski definition) is 9. The summed E-state index contributed by atoms with van der Waals surface area (Å²) < 4.78 is 24.3. The Hall–Kier alpha value is -5.44. The van der Waals surface area contributed by atoms with Crippen molar-refractivity contribution >= 4 is 29.5 Å². The summed E-state index contributed by atoms with van der Waals surface area (Å²) in [6.45, 7) is -0.596. The van der Waals surface area contributed by atoms with Crippen molar-refractivity contribution in [2.75, 3.05) is 6.61 Å². The first-order valence-corrected chi connectivity index (χ1v) is 13.5. The number of hydrogen-bond donors (Lipinski definition) is 1. The van der Waals surface area contributed by atoms with Gasteiger partial charge in [0.1, 0.15) is 12.7 Å². The SMILES string of the molecule is C#C[C@@]1(OC(=O)c2ccccc2)[C@@H](COC(=O)c2ccc(Cl)cc2)O[C@@H](n2ccc(=O)[nH]c2=O)[C@@H]1OC(=O)c1ccccc1. The van der Waals surface area contributed by atoms with Crippen LogP contribution in [0.25, 0.3) is 0 Å². The van der Waals surface area contributed by atoms with Crippen LogP contribution in [0, 0.1) is 12.3 Å². The minimum absolute atomic E-state index is 0.108. The second kappa shape index (κ2) is 12.8. The van der Waals surface area contributed by atoms with E-state index in [0.29, 0.717) is 5.02 Å². The number of rotatable bonds is 8. The molecule has 0 aliphatic carbocycles. The molecule has 11 nitrogen and oxygen atoms in total. The largest absolute Gasteiger partial charge is 0.459 e. The van der Waals surface area contributed by atoms with Gasteiger partial charge in [-0.3, -0.25) is 14.3 Å². The van der Waals surface area contributed by atoms with Crippen molar-refractivity contribution in [3.05, 3.63) is 140 Å². The first-order chi connectivity index (χ1) is 21.2. The number of carbonyl (C=O) groups is 3. The van der Waals surface area contributed by atoms with Gasteiger partial charge >= 0.3 is 23.6 Å². The zero-order valence-electron chi connectivity index (χ0n) is 22.8. The summed E-state index contributed by atoms with van der Waals surface area (Å²) >= 11 is 5.92. The lowest BCUT2D eigenvalue weighted by Crippen LogP contribution is -2.54. The zero-order valence-corrected chi connectivity index (χ0v) is 23.5. The summed E-state index contributed by atoms with van der Waals surface area (Å²) in [6.07, 6.45) is 2.47. The van der Waals surface area contributed by atoms with Gasteiger partial charge in [-0.1, -0.05) is 53.9 Å². The number of aromatic nitrogens is 2. The van der Waals surface area contributed by atoms with Gasteiger partial charge < -0.3 is 18.9 Å². The minimum Gasteiger partial charge on any atom is -0.459 e. The van der Waals surface area contributed by atoms with Crippen LogP contribution in [0.1, 0.15) is 37.3 Å². The molecule has 0 unspecified atom stereocenters. The Balaban J connectivity index is 1.58. The molecule has 2 heterocycles. The second-order valence-corrected chi connectivity index (χ2v) is 9.96. The summed E-state index contributed by atoms with van der Waals surface area (Å²) in [6, 6.07) is 22.6. The first-order valence-electron chi connectivity index (χ1n) is 13.1. The highest BCUT2D eigenvalue weighted by atomic mass is 35.5. The highest BCUT2D eigenvalue weighted by Crippen LogP contribution is 2.42. The summed E-state index contributed by atoms with van der Waals surface area (Å²) in [4.78, 5) is 66.4. The molecule has 0 amide bonds. The van der Waals surface area contributed by atoms with E-state index in [9.17, 15) is 24.0 Å². The predicted molar refractivity (Wildman–Crippen MR) is 156 cm³/mol. The van der Waals surface area contributed by atoms with Crippen LogP contribution in [0.5, 0.6) is 0 Å². The number of halogens is 1. The Bertz CT molecular complexity index is 1830. The molecule has 0 saturated carbocycles. The minimum atomic E-state index is -2.24. The van der Waals surface area contributed by atoms with Gasteiger partial charge in [0.25, 0.3) is 5.56 Å². The number of carbonyl (C=O) groups excluding carboxylic acids is 3. The van der Waals surface area contributed by atoms with Crippen molar-refractivity contribution in [1.29, 1.82) is 0 Å². The van der Waals surface area contributed by atoms with Gasteiger partial charge in [0.2, 0.25) is 11.7 Å². The highest BCUT2D eigenvalue weighted by molar-refractivity contribution is 6.30. The second-order valence-electron chi connectivity index (χ2n) is 9.52. The quantitative estimate of drug-likeness (QED) is 0.179. The van der Waals surface area contributed by atoms with E-state index in [1.165, 1.54) is 48.5 Å². The molecule has 1 N–H and O–H groups in total. The fourth-order valence-corrected chi connectivity index (χ4v) is 4.70. The van der Waals surface area contributed by atoms with Gasteiger partial charge in [-0.25, -0.2) is 19.2 Å². The predicted octanol–water partition coefficient (Wildman–Crippen LogP) is 3.40. The molecule has 1 aliphatic heterocycles. The van der Waals surface area contributed by atoms with Crippen LogP contribution in [-0.2, 0) is 18.9 Å². The number of aromatic amines is 1. The molecule has 0 bridgehead atoms. The first kappa shape index (κ1) is 30.0. The molecule has 1 aromatic heterocycles. The Morgan fingerprint density at radius 3 is 2.05 bits per heavy atom. The number of esters is 3. The van der Waals surface area contributed by atoms with E-state index in [1.54, 1.807) is 36.4 Å². The molecule has 3 aromatic carbocycles. The zero-order chi connectivity index (χ0) is 31.3. The average molecular weight is 615 g/mol. The van der Waals surface area contributed by atoms with Crippen LogP contribution in [0.2, 0.25) is 5.02 Å². The van der Waals surface area contributed by atoms with Crippen LogP contribution >= 0.6 is 11.6 Å². The van der Waals surface area contributed by atoms with Gasteiger partial charge in [-0.2, -0.15) is 0 Å². The molecule has 12 heteroatoms. The van der Waals surface area contributed by atoms with Crippen molar-refractivity contribution in [1.82, 2.24) is 9.55 Å².